The summed E-state index contributed by atoms with van der Waals surface area (Å²) < 4.78 is 5.62. The smallest absolute Gasteiger partial charge is 0.211 e. The van der Waals surface area contributed by atoms with Crippen molar-refractivity contribution < 1.29 is 9.21 Å². The number of benzene rings is 1. The monoisotopic (exact) mass is 257 g/mol. The number of hydrogen-bond donors (Lipinski definition) is 0. The third-order valence-corrected chi connectivity index (χ3v) is 4.13. The van der Waals surface area contributed by atoms with E-state index in [4.69, 9.17) is 4.42 Å². The van der Waals surface area contributed by atoms with Crippen LogP contribution in [-0.4, -0.2) is 30.3 Å². The van der Waals surface area contributed by atoms with Gasteiger partial charge in [0.1, 0.15) is 5.58 Å². The Bertz CT molecular complexity index is 559. The molecule has 0 aliphatic carbocycles. The fourth-order valence-corrected chi connectivity index (χ4v) is 2.78. The highest BCUT2D eigenvalue weighted by atomic mass is 16.3. The van der Waals surface area contributed by atoms with Crippen molar-refractivity contribution in [2.24, 2.45) is 11.8 Å². The van der Waals surface area contributed by atoms with Crippen LogP contribution in [-0.2, 0) is 0 Å². The van der Waals surface area contributed by atoms with Gasteiger partial charge in [0, 0.05) is 18.5 Å². The van der Waals surface area contributed by atoms with E-state index in [0.717, 1.165) is 24.1 Å². The Kier molecular flexibility index (Phi) is 3.15. The summed E-state index contributed by atoms with van der Waals surface area (Å²) in [7, 11) is 0. The Hall–Kier alpha value is -1.61. The van der Waals surface area contributed by atoms with E-state index in [0.29, 0.717) is 24.1 Å². The lowest BCUT2D eigenvalue weighted by Gasteiger charge is -2.12. The fourth-order valence-electron chi connectivity index (χ4n) is 2.78. The summed E-state index contributed by atoms with van der Waals surface area (Å²) in [6.45, 7) is 6.97. The number of carbonyl (C=O) groups excluding carboxylic acids is 1. The summed E-state index contributed by atoms with van der Waals surface area (Å²) >= 11 is 0. The standard InChI is InChI=1S/C16H19NO2/c1-11-8-17(9-12(11)2)10-14(18)16-7-13-5-3-4-6-15(13)19-16/h3-7,11-12H,8-10H2,1-2H3. The zero-order valence-electron chi connectivity index (χ0n) is 11.4. The van der Waals surface area contributed by atoms with E-state index in [9.17, 15) is 4.79 Å². The largest absolute Gasteiger partial charge is 0.453 e. The SMILES string of the molecule is CC1CN(CC(=O)c2cc3ccccc3o2)CC1C. The van der Waals surface area contributed by atoms with Crippen LogP contribution in [0.3, 0.4) is 0 Å². The molecule has 0 bridgehead atoms. The van der Waals surface area contributed by atoms with Crippen LogP contribution >= 0.6 is 0 Å². The molecule has 1 aliphatic rings. The Balaban J connectivity index is 1.73. The van der Waals surface area contributed by atoms with E-state index >= 15 is 0 Å². The molecule has 2 unspecified atom stereocenters. The van der Waals surface area contributed by atoms with Gasteiger partial charge in [-0.05, 0) is 24.0 Å². The van der Waals surface area contributed by atoms with Crippen molar-refractivity contribution in [3.05, 3.63) is 36.1 Å². The predicted molar refractivity (Wildman–Crippen MR) is 75.3 cm³/mol. The molecule has 1 aromatic heterocycles. The Morgan fingerprint density at radius 2 is 1.95 bits per heavy atom. The fraction of sp³-hybridized carbons (Fsp3) is 0.438. The van der Waals surface area contributed by atoms with Gasteiger partial charge in [-0.25, -0.2) is 0 Å². The van der Waals surface area contributed by atoms with Crippen molar-refractivity contribution in [2.75, 3.05) is 19.6 Å². The Morgan fingerprint density at radius 1 is 1.26 bits per heavy atom. The quantitative estimate of drug-likeness (QED) is 0.792. The van der Waals surface area contributed by atoms with Crippen LogP contribution < -0.4 is 0 Å². The lowest BCUT2D eigenvalue weighted by atomic mass is 10.0. The summed E-state index contributed by atoms with van der Waals surface area (Å²) in [6, 6.07) is 9.59. The molecule has 100 valence electrons. The average Bonchev–Trinajstić information content (AvgIpc) is 2.93. The van der Waals surface area contributed by atoms with E-state index < -0.39 is 0 Å². The molecule has 19 heavy (non-hydrogen) atoms. The van der Waals surface area contributed by atoms with E-state index in [-0.39, 0.29) is 5.78 Å². The molecule has 1 saturated heterocycles. The van der Waals surface area contributed by atoms with Gasteiger partial charge in [0.15, 0.2) is 5.76 Å². The summed E-state index contributed by atoms with van der Waals surface area (Å²) in [6.07, 6.45) is 0. The summed E-state index contributed by atoms with van der Waals surface area (Å²) in [4.78, 5) is 14.5. The number of carbonyl (C=O) groups is 1. The minimum atomic E-state index is 0.0810. The highest BCUT2D eigenvalue weighted by Crippen LogP contribution is 2.23. The van der Waals surface area contributed by atoms with Gasteiger partial charge in [-0.2, -0.15) is 0 Å². The van der Waals surface area contributed by atoms with Gasteiger partial charge >= 0.3 is 0 Å². The van der Waals surface area contributed by atoms with Crippen LogP contribution in [0.5, 0.6) is 0 Å². The van der Waals surface area contributed by atoms with Crippen LogP contribution in [0.1, 0.15) is 24.4 Å². The van der Waals surface area contributed by atoms with E-state index in [1.54, 1.807) is 0 Å². The zero-order chi connectivity index (χ0) is 13.4. The van der Waals surface area contributed by atoms with Gasteiger partial charge in [-0.1, -0.05) is 32.0 Å². The number of Topliss-reactive ketones (excluding diaryl/α,β-unsaturated/α-hetero) is 1. The molecule has 2 aromatic rings. The van der Waals surface area contributed by atoms with Crippen LogP contribution in [0.15, 0.2) is 34.7 Å². The molecule has 3 rings (SSSR count). The third-order valence-electron chi connectivity index (χ3n) is 4.13. The lowest BCUT2D eigenvalue weighted by Crippen LogP contribution is -2.27. The maximum atomic E-state index is 12.2. The Morgan fingerprint density at radius 3 is 2.63 bits per heavy atom. The number of ketones is 1. The van der Waals surface area contributed by atoms with Crippen molar-refractivity contribution in [1.82, 2.24) is 4.90 Å². The highest BCUT2D eigenvalue weighted by Gasteiger charge is 2.28. The van der Waals surface area contributed by atoms with Crippen molar-refractivity contribution in [3.8, 4) is 0 Å². The molecule has 1 aliphatic heterocycles. The molecular formula is C16H19NO2. The number of rotatable bonds is 3. The molecule has 0 radical (unpaired) electrons. The lowest BCUT2D eigenvalue weighted by molar-refractivity contribution is 0.0917. The second-order valence-electron chi connectivity index (χ2n) is 5.72. The molecule has 0 N–H and O–H groups in total. The van der Waals surface area contributed by atoms with Crippen LogP contribution in [0.4, 0.5) is 0 Å². The van der Waals surface area contributed by atoms with Crippen molar-refractivity contribution in [1.29, 1.82) is 0 Å². The first-order valence-electron chi connectivity index (χ1n) is 6.87. The zero-order valence-corrected chi connectivity index (χ0v) is 11.4. The van der Waals surface area contributed by atoms with Gasteiger partial charge in [-0.15, -0.1) is 0 Å². The van der Waals surface area contributed by atoms with Crippen molar-refractivity contribution >= 4 is 16.8 Å². The van der Waals surface area contributed by atoms with Gasteiger partial charge in [0.2, 0.25) is 5.78 Å². The summed E-state index contributed by atoms with van der Waals surface area (Å²) in [5.74, 6) is 1.90. The van der Waals surface area contributed by atoms with E-state index in [2.05, 4.69) is 18.7 Å². The van der Waals surface area contributed by atoms with Crippen molar-refractivity contribution in [2.45, 2.75) is 13.8 Å². The van der Waals surface area contributed by atoms with Crippen LogP contribution in [0, 0.1) is 11.8 Å². The predicted octanol–water partition coefficient (Wildman–Crippen LogP) is 3.20. The van der Waals surface area contributed by atoms with Crippen molar-refractivity contribution in [3.63, 3.8) is 0 Å². The summed E-state index contributed by atoms with van der Waals surface area (Å²) in [5, 5.41) is 0.994. The van der Waals surface area contributed by atoms with Crippen LogP contribution in [0.25, 0.3) is 11.0 Å². The average molecular weight is 257 g/mol. The first kappa shape index (κ1) is 12.4. The summed E-state index contributed by atoms with van der Waals surface area (Å²) in [5.41, 5.74) is 0.786. The van der Waals surface area contributed by atoms with Gasteiger partial charge in [0.05, 0.1) is 6.54 Å². The normalized spacial score (nSPS) is 24.1. The second-order valence-corrected chi connectivity index (χ2v) is 5.72. The molecule has 2 atom stereocenters. The molecule has 3 heteroatoms. The number of furan rings is 1. The molecule has 1 aromatic carbocycles. The van der Waals surface area contributed by atoms with E-state index in [1.807, 2.05) is 30.3 Å². The Labute approximate surface area is 113 Å². The van der Waals surface area contributed by atoms with E-state index in [1.165, 1.54) is 0 Å². The first-order valence-corrected chi connectivity index (χ1v) is 6.87. The maximum Gasteiger partial charge on any atom is 0.211 e. The second kappa shape index (κ2) is 4.82. The minimum absolute atomic E-state index is 0.0810. The maximum absolute atomic E-state index is 12.2. The number of fused-ring (bicyclic) bond motifs is 1. The number of hydrogen-bond acceptors (Lipinski definition) is 3. The number of likely N-dealkylation sites (tertiary alicyclic amines) is 1. The molecule has 0 saturated carbocycles. The number of nitrogens with zero attached hydrogens (tertiary/aromatic N) is 1. The van der Waals surface area contributed by atoms with Gasteiger partial charge in [-0.3, -0.25) is 9.69 Å². The molecule has 2 heterocycles. The van der Waals surface area contributed by atoms with Gasteiger partial charge in [0.25, 0.3) is 0 Å². The molecule has 0 amide bonds. The highest BCUT2D eigenvalue weighted by molar-refractivity contribution is 5.98. The third kappa shape index (κ3) is 2.43. The minimum Gasteiger partial charge on any atom is -0.453 e. The number of para-hydroxylation sites is 1. The molecular weight excluding hydrogens is 238 g/mol. The molecule has 3 nitrogen and oxygen atoms in total. The first-order chi connectivity index (χ1) is 9.13. The molecule has 0 spiro atoms. The van der Waals surface area contributed by atoms with Crippen LogP contribution in [0.2, 0.25) is 0 Å². The van der Waals surface area contributed by atoms with Gasteiger partial charge < -0.3 is 4.42 Å². The topological polar surface area (TPSA) is 33.5 Å². The molecule has 1 fully saturated rings.